The van der Waals surface area contributed by atoms with Crippen LogP contribution in [0.2, 0.25) is 0 Å². The van der Waals surface area contributed by atoms with Crippen LogP contribution >= 0.6 is 0 Å². The zero-order valence-electron chi connectivity index (χ0n) is 18.3. The number of ether oxygens (including phenoxy) is 2. The van der Waals surface area contributed by atoms with E-state index in [9.17, 15) is 4.79 Å². The molecule has 1 saturated heterocycles. The van der Waals surface area contributed by atoms with E-state index in [4.69, 9.17) is 15.2 Å². The minimum absolute atomic E-state index is 0.0206. The van der Waals surface area contributed by atoms with E-state index in [0.717, 1.165) is 33.2 Å². The van der Waals surface area contributed by atoms with Crippen LogP contribution < -0.4 is 10.5 Å². The second-order valence-corrected chi connectivity index (χ2v) is 7.90. The molecular formula is C26H24N4O3. The molecule has 2 N–H and O–H groups in total. The number of morpholine rings is 1. The molecule has 0 saturated carbocycles. The fourth-order valence-electron chi connectivity index (χ4n) is 4.02. The fourth-order valence-corrected chi connectivity index (χ4v) is 4.02. The second-order valence-electron chi connectivity index (χ2n) is 7.90. The number of fused-ring (bicyclic) bond motifs is 1. The van der Waals surface area contributed by atoms with Gasteiger partial charge in [-0.15, -0.1) is 0 Å². The zero-order valence-corrected chi connectivity index (χ0v) is 18.3. The van der Waals surface area contributed by atoms with E-state index in [-0.39, 0.29) is 5.91 Å². The Balaban J connectivity index is 1.45. The first-order valence-electron chi connectivity index (χ1n) is 10.8. The van der Waals surface area contributed by atoms with Crippen molar-refractivity contribution in [3.05, 3.63) is 72.4 Å². The van der Waals surface area contributed by atoms with Crippen LogP contribution in [0.3, 0.4) is 0 Å². The van der Waals surface area contributed by atoms with E-state index in [1.54, 1.807) is 13.3 Å². The van der Waals surface area contributed by atoms with Crippen LogP contribution in [-0.4, -0.2) is 54.2 Å². The predicted molar refractivity (Wildman–Crippen MR) is 128 cm³/mol. The largest absolute Gasteiger partial charge is 0.481 e. The molecule has 4 aromatic rings. The number of hydrogen-bond acceptors (Lipinski definition) is 6. The van der Waals surface area contributed by atoms with Crippen molar-refractivity contribution < 1.29 is 14.3 Å². The molecule has 1 amide bonds. The topological polar surface area (TPSA) is 90.6 Å². The third-order valence-electron chi connectivity index (χ3n) is 5.86. The molecule has 5 rings (SSSR count). The third-order valence-corrected chi connectivity index (χ3v) is 5.86. The maximum absolute atomic E-state index is 12.7. The summed E-state index contributed by atoms with van der Waals surface area (Å²) in [4.78, 5) is 23.4. The van der Waals surface area contributed by atoms with E-state index >= 15 is 0 Å². The highest BCUT2D eigenvalue weighted by Gasteiger charge is 2.18. The molecule has 0 radical (unpaired) electrons. The normalized spacial score (nSPS) is 13.8. The molecule has 33 heavy (non-hydrogen) atoms. The van der Waals surface area contributed by atoms with Crippen molar-refractivity contribution in [1.29, 1.82) is 0 Å². The summed E-state index contributed by atoms with van der Waals surface area (Å²) in [5, 5.41) is 0.973. The quantitative estimate of drug-likeness (QED) is 0.515. The highest BCUT2D eigenvalue weighted by Crippen LogP contribution is 2.31. The van der Waals surface area contributed by atoms with Crippen LogP contribution in [0.25, 0.3) is 33.2 Å². The third kappa shape index (κ3) is 4.23. The molecule has 1 aliphatic rings. The number of nitrogens with zero attached hydrogens (tertiary/aromatic N) is 3. The van der Waals surface area contributed by atoms with Crippen LogP contribution in [0, 0.1) is 0 Å². The number of hydrogen-bond donors (Lipinski definition) is 1. The van der Waals surface area contributed by atoms with E-state index < -0.39 is 0 Å². The minimum Gasteiger partial charge on any atom is -0.481 e. The number of rotatable bonds is 4. The Bertz CT molecular complexity index is 1300. The van der Waals surface area contributed by atoms with Crippen LogP contribution in [0.15, 0.2) is 66.9 Å². The highest BCUT2D eigenvalue weighted by molar-refractivity contribution is 5.96. The van der Waals surface area contributed by atoms with Gasteiger partial charge >= 0.3 is 0 Å². The van der Waals surface area contributed by atoms with Crippen molar-refractivity contribution in [1.82, 2.24) is 14.9 Å². The Morgan fingerprint density at radius 3 is 2.39 bits per heavy atom. The first-order valence-corrected chi connectivity index (χ1v) is 10.8. The number of carbonyl (C=O) groups is 1. The first-order chi connectivity index (χ1) is 16.1. The lowest BCUT2D eigenvalue weighted by atomic mass is 10.00. The van der Waals surface area contributed by atoms with Gasteiger partial charge in [0.1, 0.15) is 5.82 Å². The van der Waals surface area contributed by atoms with Crippen molar-refractivity contribution in [2.45, 2.75) is 0 Å². The van der Waals surface area contributed by atoms with Crippen LogP contribution in [0.4, 0.5) is 5.82 Å². The Morgan fingerprint density at radius 1 is 0.970 bits per heavy atom. The Hall–Kier alpha value is -3.97. The van der Waals surface area contributed by atoms with Crippen molar-refractivity contribution >= 4 is 22.6 Å². The smallest absolute Gasteiger partial charge is 0.254 e. The van der Waals surface area contributed by atoms with Crippen LogP contribution in [0.5, 0.6) is 5.88 Å². The van der Waals surface area contributed by atoms with Gasteiger partial charge in [0.2, 0.25) is 5.88 Å². The molecule has 3 heterocycles. The lowest BCUT2D eigenvalue weighted by molar-refractivity contribution is 0.0303. The average Bonchev–Trinajstić information content (AvgIpc) is 2.88. The molecule has 166 valence electrons. The minimum atomic E-state index is 0.0206. The number of nitrogens with two attached hydrogens (primary N) is 1. The number of nitrogen functional groups attached to an aromatic ring is 1. The fraction of sp³-hybridized carbons (Fsp3) is 0.192. The van der Waals surface area contributed by atoms with E-state index in [1.807, 2.05) is 59.5 Å². The van der Waals surface area contributed by atoms with E-state index in [2.05, 4.69) is 16.0 Å². The van der Waals surface area contributed by atoms with E-state index in [1.165, 1.54) is 0 Å². The SMILES string of the molecule is COc1ccc(-c2ccc3nc(N)c(-c4ccc(C(=O)N5CCOCC5)cc4)cc3c2)cn1. The van der Waals surface area contributed by atoms with Crippen LogP contribution in [0.1, 0.15) is 10.4 Å². The molecule has 0 aliphatic carbocycles. The maximum atomic E-state index is 12.7. The summed E-state index contributed by atoms with van der Waals surface area (Å²) >= 11 is 0. The van der Waals surface area contributed by atoms with Gasteiger partial charge in [0.15, 0.2) is 0 Å². The number of benzene rings is 2. The number of anilines is 1. The monoisotopic (exact) mass is 440 g/mol. The van der Waals surface area contributed by atoms with Crippen molar-refractivity contribution in [3.63, 3.8) is 0 Å². The highest BCUT2D eigenvalue weighted by atomic mass is 16.5. The van der Waals surface area contributed by atoms with Gasteiger partial charge in [0.05, 0.1) is 25.8 Å². The average molecular weight is 441 g/mol. The van der Waals surface area contributed by atoms with Crippen LogP contribution in [-0.2, 0) is 4.74 Å². The van der Waals surface area contributed by atoms with E-state index in [0.29, 0.717) is 43.6 Å². The molecule has 1 fully saturated rings. The van der Waals surface area contributed by atoms with Gasteiger partial charge in [-0.1, -0.05) is 18.2 Å². The van der Waals surface area contributed by atoms with Gasteiger partial charge in [0, 0.05) is 47.4 Å². The summed E-state index contributed by atoms with van der Waals surface area (Å²) in [5.41, 5.74) is 11.5. The summed E-state index contributed by atoms with van der Waals surface area (Å²) in [6, 6.07) is 19.4. The number of aromatic nitrogens is 2. The second kappa shape index (κ2) is 8.88. The number of amides is 1. The lowest BCUT2D eigenvalue weighted by Gasteiger charge is -2.26. The number of carbonyl (C=O) groups excluding carboxylic acids is 1. The van der Waals surface area contributed by atoms with Crippen molar-refractivity contribution in [2.24, 2.45) is 0 Å². The lowest BCUT2D eigenvalue weighted by Crippen LogP contribution is -2.40. The van der Waals surface area contributed by atoms with Gasteiger partial charge in [0.25, 0.3) is 5.91 Å². The number of methoxy groups -OCH3 is 1. The summed E-state index contributed by atoms with van der Waals surface area (Å²) in [6.07, 6.45) is 1.79. The molecule has 7 heteroatoms. The molecule has 0 bridgehead atoms. The van der Waals surface area contributed by atoms with Crippen molar-refractivity contribution in [2.75, 3.05) is 39.1 Å². The molecule has 0 unspecified atom stereocenters. The first kappa shape index (κ1) is 20.9. The Labute approximate surface area is 191 Å². The summed E-state index contributed by atoms with van der Waals surface area (Å²) in [5.74, 6) is 1.05. The van der Waals surface area contributed by atoms with Gasteiger partial charge < -0.3 is 20.1 Å². The number of pyridine rings is 2. The maximum Gasteiger partial charge on any atom is 0.254 e. The molecule has 1 aliphatic heterocycles. The molecule has 0 spiro atoms. The molecule has 2 aromatic carbocycles. The zero-order chi connectivity index (χ0) is 22.8. The summed E-state index contributed by atoms with van der Waals surface area (Å²) in [7, 11) is 1.60. The molecule has 7 nitrogen and oxygen atoms in total. The van der Waals surface area contributed by atoms with Gasteiger partial charge in [-0.25, -0.2) is 9.97 Å². The van der Waals surface area contributed by atoms with Gasteiger partial charge in [-0.3, -0.25) is 4.79 Å². The molecular weight excluding hydrogens is 416 g/mol. The molecule has 0 atom stereocenters. The standard InChI is InChI=1S/C26H24N4O3/c1-32-24-9-7-20(16-28-24)19-6-8-23-21(14-19)15-22(25(27)29-23)17-2-4-18(5-3-17)26(31)30-10-12-33-13-11-30/h2-9,14-16H,10-13H2,1H3,(H2,27,29). The molecule has 2 aromatic heterocycles. The van der Waals surface area contributed by atoms with Gasteiger partial charge in [-0.2, -0.15) is 0 Å². The summed E-state index contributed by atoms with van der Waals surface area (Å²) in [6.45, 7) is 2.40. The van der Waals surface area contributed by atoms with Crippen molar-refractivity contribution in [3.8, 4) is 28.1 Å². The summed E-state index contributed by atoms with van der Waals surface area (Å²) < 4.78 is 10.5. The van der Waals surface area contributed by atoms with Gasteiger partial charge in [-0.05, 0) is 47.5 Å². The Morgan fingerprint density at radius 2 is 1.70 bits per heavy atom. The Kier molecular flexibility index (Phi) is 5.62. The predicted octanol–water partition coefficient (Wildman–Crippen LogP) is 4.03.